The number of carboxylic acid groups (broad SMARTS) is 1. The van der Waals surface area contributed by atoms with Crippen molar-refractivity contribution in [3.05, 3.63) is 82.3 Å². The van der Waals surface area contributed by atoms with Crippen LogP contribution in [0.1, 0.15) is 55.8 Å². The molecule has 0 saturated carbocycles. The number of allylic oxidation sites excluding steroid dienone is 2. The van der Waals surface area contributed by atoms with Crippen molar-refractivity contribution < 1.29 is 32.5 Å². The van der Waals surface area contributed by atoms with E-state index in [1.807, 2.05) is 45.9 Å². The lowest BCUT2D eigenvalue weighted by Gasteiger charge is -2.44. The van der Waals surface area contributed by atoms with E-state index in [1.165, 1.54) is 17.3 Å². The van der Waals surface area contributed by atoms with Crippen molar-refractivity contribution >= 4 is 22.9 Å². The fourth-order valence-corrected chi connectivity index (χ4v) is 6.32. The molecule has 0 saturated heterocycles. The fourth-order valence-electron chi connectivity index (χ4n) is 6.32. The molecule has 0 radical (unpaired) electrons. The number of aryl methyl sites for hydroxylation is 2. The molecule has 2 aromatic carbocycles. The van der Waals surface area contributed by atoms with E-state index >= 15 is 0 Å². The Balaban J connectivity index is 1.71. The number of nitrogens with zero attached hydrogens (tertiary/aromatic N) is 5. The van der Waals surface area contributed by atoms with Crippen LogP contribution in [-0.4, -0.2) is 74.9 Å². The van der Waals surface area contributed by atoms with E-state index in [0.29, 0.717) is 24.0 Å². The average Bonchev–Trinajstić information content (AvgIpc) is 3.43. The predicted octanol–water partition coefficient (Wildman–Crippen LogP) is 6.76. The maximum absolute atomic E-state index is 14.4. The van der Waals surface area contributed by atoms with Crippen molar-refractivity contribution in [1.82, 2.24) is 25.0 Å². The van der Waals surface area contributed by atoms with Gasteiger partial charge in [0.15, 0.2) is 0 Å². The standard InChI is InChI=1S/C34H38F3N5O4/c1-19(2)12-29-33(45)42(18-24-15-26(34(35,36)37)22(17-41(24)29)10-11-40(5)6)28(16-30(43)44)25-13-23(14-27-32(25)39-46-38-27)31-20(3)8-7-9-21(31)4/h7-9,13-15,17-19,28-29H,10-12,16H2,1-6H3,(H,43,44)/t28-,29+/m0/s1. The highest BCUT2D eigenvalue weighted by Crippen LogP contribution is 2.43. The van der Waals surface area contributed by atoms with Gasteiger partial charge in [-0.1, -0.05) is 32.0 Å². The topological polar surface area (TPSA) is 103 Å². The van der Waals surface area contributed by atoms with E-state index < -0.39 is 42.1 Å². The first-order valence-corrected chi connectivity index (χ1v) is 15.2. The number of carbonyl (C=O) groups excluding carboxylic acids is 1. The Morgan fingerprint density at radius 1 is 1.11 bits per heavy atom. The molecule has 5 rings (SSSR count). The number of aliphatic carboxylic acids is 1. The molecule has 2 atom stereocenters. The number of hydrogen-bond acceptors (Lipinski definition) is 7. The van der Waals surface area contributed by atoms with Crippen LogP contribution in [0.15, 0.2) is 70.3 Å². The monoisotopic (exact) mass is 637 g/mol. The smallest absolute Gasteiger partial charge is 0.416 e. The normalized spacial score (nSPS) is 17.8. The molecule has 0 bridgehead atoms. The summed E-state index contributed by atoms with van der Waals surface area (Å²) in [5, 5.41) is 18.2. The van der Waals surface area contributed by atoms with Gasteiger partial charge in [-0.25, -0.2) is 4.63 Å². The minimum absolute atomic E-state index is 0.0125. The quantitative estimate of drug-likeness (QED) is 0.260. The highest BCUT2D eigenvalue weighted by molar-refractivity contribution is 5.90. The van der Waals surface area contributed by atoms with Crippen molar-refractivity contribution in [2.75, 3.05) is 20.6 Å². The summed E-state index contributed by atoms with van der Waals surface area (Å²) < 4.78 is 48.3. The Bertz CT molecular complexity index is 1730. The van der Waals surface area contributed by atoms with Crippen LogP contribution in [0, 0.1) is 19.8 Å². The molecule has 2 aliphatic rings. The molecule has 3 heterocycles. The SMILES string of the molecule is Cc1cccc(C)c1-c1cc([C@H](CC(=O)O)N2C=C3C=C(C(F)(F)F)C(CCN(C)C)=CN3[C@H](CC(C)C)C2=O)c2nonc2c1. The largest absolute Gasteiger partial charge is 0.481 e. The maximum atomic E-state index is 14.4. The number of carboxylic acids is 1. The molecule has 1 aromatic heterocycles. The average molecular weight is 638 g/mol. The lowest BCUT2D eigenvalue weighted by atomic mass is 9.89. The van der Waals surface area contributed by atoms with Gasteiger partial charge in [0, 0.05) is 24.5 Å². The number of carbonyl (C=O) groups is 2. The number of fused-ring (bicyclic) bond motifs is 2. The second-order valence-electron chi connectivity index (χ2n) is 12.7. The van der Waals surface area contributed by atoms with Crippen LogP contribution in [0.5, 0.6) is 0 Å². The number of halogens is 3. The van der Waals surface area contributed by atoms with Gasteiger partial charge < -0.3 is 19.8 Å². The molecule has 12 heteroatoms. The van der Waals surface area contributed by atoms with E-state index in [-0.39, 0.29) is 29.1 Å². The number of aromatic nitrogens is 2. The Morgan fingerprint density at radius 3 is 2.41 bits per heavy atom. The second-order valence-corrected chi connectivity index (χ2v) is 12.7. The van der Waals surface area contributed by atoms with Crippen molar-refractivity contribution in [3.8, 4) is 11.1 Å². The molecule has 9 nitrogen and oxygen atoms in total. The Kier molecular flexibility index (Phi) is 9.12. The first kappa shape index (κ1) is 32.9. The van der Waals surface area contributed by atoms with E-state index in [9.17, 15) is 27.9 Å². The summed E-state index contributed by atoms with van der Waals surface area (Å²) in [6.45, 7) is 8.17. The molecule has 0 spiro atoms. The van der Waals surface area contributed by atoms with Crippen LogP contribution < -0.4 is 0 Å². The summed E-state index contributed by atoms with van der Waals surface area (Å²) in [6.07, 6.45) is -0.848. The van der Waals surface area contributed by atoms with Crippen LogP contribution in [0.3, 0.4) is 0 Å². The van der Waals surface area contributed by atoms with Crippen molar-refractivity contribution in [3.63, 3.8) is 0 Å². The number of alkyl halides is 3. The molecular formula is C34H38F3N5O4. The van der Waals surface area contributed by atoms with E-state index in [2.05, 4.69) is 10.3 Å². The third kappa shape index (κ3) is 6.57. The van der Waals surface area contributed by atoms with Gasteiger partial charge in [-0.05, 0) is 103 Å². The lowest BCUT2D eigenvalue weighted by Crippen LogP contribution is -2.51. The maximum Gasteiger partial charge on any atom is 0.416 e. The van der Waals surface area contributed by atoms with Crippen molar-refractivity contribution in [2.45, 2.75) is 65.2 Å². The first-order chi connectivity index (χ1) is 21.6. The number of benzene rings is 2. The molecule has 2 aliphatic heterocycles. The van der Waals surface area contributed by atoms with Crippen LogP contribution in [0.2, 0.25) is 0 Å². The zero-order valence-corrected chi connectivity index (χ0v) is 26.7. The summed E-state index contributed by atoms with van der Waals surface area (Å²) in [5.41, 5.74) is 4.07. The van der Waals surface area contributed by atoms with Crippen LogP contribution in [0.4, 0.5) is 13.2 Å². The molecule has 244 valence electrons. The highest BCUT2D eigenvalue weighted by Gasteiger charge is 2.44. The Labute approximate surface area is 265 Å². The van der Waals surface area contributed by atoms with Crippen LogP contribution >= 0.6 is 0 Å². The van der Waals surface area contributed by atoms with Gasteiger partial charge in [0.2, 0.25) is 5.91 Å². The van der Waals surface area contributed by atoms with Gasteiger partial charge in [0.25, 0.3) is 0 Å². The van der Waals surface area contributed by atoms with E-state index in [1.54, 1.807) is 36.0 Å². The zero-order valence-electron chi connectivity index (χ0n) is 26.7. The molecule has 0 aliphatic carbocycles. The number of hydrogen-bond donors (Lipinski definition) is 1. The molecule has 1 N–H and O–H groups in total. The third-order valence-electron chi connectivity index (χ3n) is 8.43. The van der Waals surface area contributed by atoms with Gasteiger partial charge in [-0.2, -0.15) is 13.2 Å². The van der Waals surface area contributed by atoms with Gasteiger partial charge in [0.1, 0.15) is 17.1 Å². The van der Waals surface area contributed by atoms with Gasteiger partial charge in [-0.3, -0.25) is 9.59 Å². The minimum atomic E-state index is -4.64. The lowest BCUT2D eigenvalue weighted by molar-refractivity contribution is -0.142. The van der Waals surface area contributed by atoms with Gasteiger partial charge in [-0.15, -0.1) is 0 Å². The van der Waals surface area contributed by atoms with Crippen molar-refractivity contribution in [2.24, 2.45) is 5.92 Å². The van der Waals surface area contributed by atoms with Crippen molar-refractivity contribution in [1.29, 1.82) is 0 Å². The number of amides is 1. The van der Waals surface area contributed by atoms with Crippen LogP contribution in [0.25, 0.3) is 22.2 Å². The second kappa shape index (κ2) is 12.7. The molecular weight excluding hydrogens is 599 g/mol. The summed E-state index contributed by atoms with van der Waals surface area (Å²) in [6, 6.07) is 7.45. The fraction of sp³-hybridized carbons (Fsp3) is 0.412. The molecule has 0 unspecified atom stereocenters. The number of rotatable bonds is 10. The Hall–Kier alpha value is -4.45. The molecule has 46 heavy (non-hydrogen) atoms. The minimum Gasteiger partial charge on any atom is -0.481 e. The summed E-state index contributed by atoms with van der Waals surface area (Å²) in [4.78, 5) is 31.5. The first-order valence-electron chi connectivity index (χ1n) is 15.2. The van der Waals surface area contributed by atoms with E-state index in [4.69, 9.17) is 4.63 Å². The van der Waals surface area contributed by atoms with Gasteiger partial charge >= 0.3 is 12.1 Å². The molecule has 1 amide bonds. The van der Waals surface area contributed by atoms with Gasteiger partial charge in [0.05, 0.1) is 23.7 Å². The molecule has 3 aromatic rings. The summed E-state index contributed by atoms with van der Waals surface area (Å²) >= 11 is 0. The summed E-state index contributed by atoms with van der Waals surface area (Å²) in [7, 11) is 3.57. The molecule has 0 fully saturated rings. The Morgan fingerprint density at radius 2 is 1.80 bits per heavy atom. The summed E-state index contributed by atoms with van der Waals surface area (Å²) in [5.74, 6) is -1.60. The predicted molar refractivity (Wildman–Crippen MR) is 167 cm³/mol. The van der Waals surface area contributed by atoms with Crippen LogP contribution in [-0.2, 0) is 9.59 Å². The van der Waals surface area contributed by atoms with E-state index in [0.717, 1.165) is 28.3 Å². The highest BCUT2D eigenvalue weighted by atomic mass is 19.4. The third-order valence-corrected chi connectivity index (χ3v) is 8.43. The zero-order chi connectivity index (χ0) is 33.5.